The summed E-state index contributed by atoms with van der Waals surface area (Å²) in [4.78, 5) is 28.2. The number of amides is 1. The third-order valence-corrected chi connectivity index (χ3v) is 3.80. The lowest BCUT2D eigenvalue weighted by Gasteiger charge is -2.15. The molecule has 1 aromatic carbocycles. The summed E-state index contributed by atoms with van der Waals surface area (Å²) < 4.78 is 12.9. The van der Waals surface area contributed by atoms with Crippen molar-refractivity contribution in [1.29, 1.82) is 0 Å². The summed E-state index contributed by atoms with van der Waals surface area (Å²) in [6.45, 7) is 0. The minimum atomic E-state index is -1.04. The van der Waals surface area contributed by atoms with Crippen LogP contribution in [0.2, 0.25) is 0 Å². The molecule has 1 fully saturated rings. The first kappa shape index (κ1) is 13.5. The zero-order valence-corrected chi connectivity index (χ0v) is 10.9. The molecule has 1 heterocycles. The Bertz CT molecular complexity index is 544. The van der Waals surface area contributed by atoms with Crippen molar-refractivity contribution in [2.75, 3.05) is 11.9 Å². The van der Waals surface area contributed by atoms with Crippen molar-refractivity contribution < 1.29 is 19.1 Å². The number of hydrogen-bond donors (Lipinski definition) is 1. The number of thioether (sulfide) groups is 1. The van der Waals surface area contributed by atoms with Gasteiger partial charge in [-0.25, -0.2) is 4.39 Å². The fourth-order valence-electron chi connectivity index (χ4n) is 1.74. The monoisotopic (exact) mass is 282 g/mol. The van der Waals surface area contributed by atoms with E-state index in [1.807, 2.05) is 0 Å². The molecule has 1 unspecified atom stereocenters. The SMILES string of the molecule is CN=C1SC(CC(=O)O)C(=O)N1c1ccc(F)cc1. The van der Waals surface area contributed by atoms with Gasteiger partial charge in [-0.15, -0.1) is 0 Å². The van der Waals surface area contributed by atoms with Crippen LogP contribution in [0.1, 0.15) is 6.42 Å². The molecule has 2 rings (SSSR count). The van der Waals surface area contributed by atoms with Crippen LogP contribution in [0.15, 0.2) is 29.3 Å². The topological polar surface area (TPSA) is 70.0 Å². The van der Waals surface area contributed by atoms with E-state index in [2.05, 4.69) is 4.99 Å². The number of benzene rings is 1. The van der Waals surface area contributed by atoms with Crippen LogP contribution in [0.5, 0.6) is 0 Å². The Morgan fingerprint density at radius 1 is 1.47 bits per heavy atom. The lowest BCUT2D eigenvalue weighted by atomic mass is 10.2. The lowest BCUT2D eigenvalue weighted by Crippen LogP contribution is -2.32. The first-order chi connectivity index (χ1) is 9.02. The van der Waals surface area contributed by atoms with Crippen LogP contribution in [-0.4, -0.2) is 34.4 Å². The number of nitrogens with zero attached hydrogens (tertiary/aromatic N) is 2. The van der Waals surface area contributed by atoms with E-state index in [0.29, 0.717) is 10.9 Å². The molecule has 1 aliphatic heterocycles. The predicted octanol–water partition coefficient (Wildman–Crippen LogP) is 1.73. The molecular formula is C12H11FN2O3S. The van der Waals surface area contributed by atoms with Crippen LogP contribution in [0.3, 0.4) is 0 Å². The van der Waals surface area contributed by atoms with Crippen LogP contribution in [0.25, 0.3) is 0 Å². The number of anilines is 1. The van der Waals surface area contributed by atoms with Gasteiger partial charge >= 0.3 is 5.97 Å². The Hall–Kier alpha value is -1.89. The number of carbonyl (C=O) groups excluding carboxylic acids is 1. The maximum Gasteiger partial charge on any atom is 0.305 e. The molecule has 1 N–H and O–H groups in total. The molecule has 5 nitrogen and oxygen atoms in total. The van der Waals surface area contributed by atoms with Gasteiger partial charge in [0.15, 0.2) is 5.17 Å². The zero-order valence-electron chi connectivity index (χ0n) is 10.0. The largest absolute Gasteiger partial charge is 0.481 e. The summed E-state index contributed by atoms with van der Waals surface area (Å²) in [6, 6.07) is 5.40. The number of halogens is 1. The quantitative estimate of drug-likeness (QED) is 0.916. The van der Waals surface area contributed by atoms with Crippen LogP contribution < -0.4 is 4.90 Å². The fraction of sp³-hybridized carbons (Fsp3) is 0.250. The van der Waals surface area contributed by atoms with Crippen LogP contribution in [0, 0.1) is 5.82 Å². The van der Waals surface area contributed by atoms with Gasteiger partial charge in [-0.2, -0.15) is 0 Å². The maximum absolute atomic E-state index is 12.9. The van der Waals surface area contributed by atoms with Crippen molar-refractivity contribution in [2.45, 2.75) is 11.7 Å². The van der Waals surface area contributed by atoms with Crippen LogP contribution in [0.4, 0.5) is 10.1 Å². The fourth-order valence-corrected chi connectivity index (χ4v) is 2.83. The molecule has 1 atom stereocenters. The van der Waals surface area contributed by atoms with Crippen molar-refractivity contribution in [1.82, 2.24) is 0 Å². The third kappa shape index (κ3) is 2.76. The van der Waals surface area contributed by atoms with E-state index in [0.717, 1.165) is 11.8 Å². The number of amidine groups is 1. The van der Waals surface area contributed by atoms with Crippen LogP contribution >= 0.6 is 11.8 Å². The second-order valence-corrected chi connectivity index (χ2v) is 5.03. The minimum Gasteiger partial charge on any atom is -0.481 e. The highest BCUT2D eigenvalue weighted by atomic mass is 32.2. The number of aliphatic imine (C=N–C) groups is 1. The molecule has 1 saturated heterocycles. The van der Waals surface area contributed by atoms with Crippen molar-refractivity contribution in [3.05, 3.63) is 30.1 Å². The molecule has 1 amide bonds. The normalized spacial score (nSPS) is 21.2. The number of rotatable bonds is 3. The predicted molar refractivity (Wildman–Crippen MR) is 70.9 cm³/mol. The molecule has 0 spiro atoms. The third-order valence-electron chi connectivity index (χ3n) is 2.57. The van der Waals surface area contributed by atoms with E-state index in [1.165, 1.54) is 36.2 Å². The van der Waals surface area contributed by atoms with Crippen molar-refractivity contribution >= 4 is 34.5 Å². The summed E-state index contributed by atoms with van der Waals surface area (Å²) in [5.41, 5.74) is 0.479. The highest BCUT2D eigenvalue weighted by molar-refractivity contribution is 8.16. The van der Waals surface area contributed by atoms with Gasteiger partial charge in [0.2, 0.25) is 5.91 Å². The van der Waals surface area contributed by atoms with E-state index < -0.39 is 17.0 Å². The summed E-state index contributed by atoms with van der Waals surface area (Å²) in [5.74, 6) is -1.79. The number of carboxylic acids is 1. The Kier molecular flexibility index (Phi) is 3.84. The van der Waals surface area contributed by atoms with Gasteiger partial charge in [0.05, 0.1) is 12.1 Å². The Labute approximate surface area is 113 Å². The average Bonchev–Trinajstić information content (AvgIpc) is 2.67. The first-order valence-corrected chi connectivity index (χ1v) is 6.35. The Morgan fingerprint density at radius 2 is 2.11 bits per heavy atom. The first-order valence-electron chi connectivity index (χ1n) is 5.47. The summed E-state index contributed by atoms with van der Waals surface area (Å²) in [5, 5.41) is 8.50. The van der Waals surface area contributed by atoms with E-state index in [9.17, 15) is 14.0 Å². The van der Waals surface area contributed by atoms with Gasteiger partial charge in [-0.05, 0) is 24.3 Å². The Balaban J connectivity index is 2.30. The van der Waals surface area contributed by atoms with Crippen LogP contribution in [-0.2, 0) is 9.59 Å². The van der Waals surface area contributed by atoms with Gasteiger partial charge in [-0.1, -0.05) is 11.8 Å². The molecule has 0 radical (unpaired) electrons. The minimum absolute atomic E-state index is 0.264. The number of aliphatic carboxylic acids is 1. The average molecular weight is 282 g/mol. The smallest absolute Gasteiger partial charge is 0.305 e. The second kappa shape index (κ2) is 5.40. The van der Waals surface area contributed by atoms with Crippen molar-refractivity contribution in [2.24, 2.45) is 4.99 Å². The van der Waals surface area contributed by atoms with E-state index in [1.54, 1.807) is 0 Å². The maximum atomic E-state index is 12.9. The number of carbonyl (C=O) groups is 2. The summed E-state index contributed by atoms with van der Waals surface area (Å²) in [6.07, 6.45) is -0.264. The molecule has 0 saturated carbocycles. The van der Waals surface area contributed by atoms with E-state index in [4.69, 9.17) is 5.11 Å². The molecule has 100 valence electrons. The zero-order chi connectivity index (χ0) is 14.0. The lowest BCUT2D eigenvalue weighted by molar-refractivity contribution is -0.138. The van der Waals surface area contributed by atoms with E-state index >= 15 is 0 Å². The molecule has 19 heavy (non-hydrogen) atoms. The Morgan fingerprint density at radius 3 is 2.63 bits per heavy atom. The van der Waals surface area contributed by atoms with Gasteiger partial charge in [0.25, 0.3) is 0 Å². The molecule has 0 aliphatic carbocycles. The van der Waals surface area contributed by atoms with Gasteiger partial charge in [0, 0.05) is 7.05 Å². The number of hydrogen-bond acceptors (Lipinski definition) is 4. The molecule has 7 heteroatoms. The molecular weight excluding hydrogens is 271 g/mol. The molecule has 1 aliphatic rings. The molecule has 0 bridgehead atoms. The highest BCUT2D eigenvalue weighted by Gasteiger charge is 2.39. The summed E-state index contributed by atoms with van der Waals surface area (Å²) >= 11 is 1.11. The van der Waals surface area contributed by atoms with Gasteiger partial charge < -0.3 is 5.11 Å². The highest BCUT2D eigenvalue weighted by Crippen LogP contribution is 2.33. The van der Waals surface area contributed by atoms with Gasteiger partial charge in [-0.3, -0.25) is 19.5 Å². The number of carboxylic acid groups (broad SMARTS) is 1. The molecule has 1 aromatic rings. The van der Waals surface area contributed by atoms with Crippen molar-refractivity contribution in [3.63, 3.8) is 0 Å². The second-order valence-electron chi connectivity index (χ2n) is 3.86. The van der Waals surface area contributed by atoms with Crippen molar-refractivity contribution in [3.8, 4) is 0 Å². The summed E-state index contributed by atoms with van der Waals surface area (Å²) in [7, 11) is 1.52. The molecule has 0 aromatic heterocycles. The standard InChI is InChI=1S/C12H11FN2O3S/c1-14-12-15(8-4-2-7(13)3-5-8)11(18)9(19-12)6-10(16)17/h2-5,9H,6H2,1H3,(H,16,17). The van der Waals surface area contributed by atoms with Gasteiger partial charge in [0.1, 0.15) is 11.1 Å². The van der Waals surface area contributed by atoms with E-state index in [-0.39, 0.29) is 12.3 Å².